The van der Waals surface area contributed by atoms with Crippen LogP contribution in [0.15, 0.2) is 42.6 Å². The van der Waals surface area contributed by atoms with E-state index in [-0.39, 0.29) is 6.61 Å². The lowest BCUT2D eigenvalue weighted by Gasteiger charge is -2.02. The first kappa shape index (κ1) is 9.45. The maximum absolute atomic E-state index is 11.4. The third-order valence-corrected chi connectivity index (χ3v) is 1.93. The highest BCUT2D eigenvalue weighted by Gasteiger charge is 2.07. The van der Waals surface area contributed by atoms with Gasteiger partial charge in [0.1, 0.15) is 12.3 Å². The molecule has 0 aliphatic rings. The van der Waals surface area contributed by atoms with E-state index in [0.717, 1.165) is 5.56 Å². The van der Waals surface area contributed by atoms with Crippen molar-refractivity contribution in [2.24, 2.45) is 0 Å². The van der Waals surface area contributed by atoms with Crippen LogP contribution in [0.1, 0.15) is 16.1 Å². The second-order valence-electron chi connectivity index (χ2n) is 3.03. The largest absolute Gasteiger partial charge is 0.456 e. The third-order valence-electron chi connectivity index (χ3n) is 1.93. The molecule has 0 aliphatic heterocycles. The van der Waals surface area contributed by atoms with Crippen molar-refractivity contribution in [1.29, 1.82) is 0 Å². The van der Waals surface area contributed by atoms with Crippen LogP contribution in [-0.2, 0) is 11.3 Å². The summed E-state index contributed by atoms with van der Waals surface area (Å²) in [6.45, 7) is 0.276. The summed E-state index contributed by atoms with van der Waals surface area (Å²) in [5, 5.41) is 6.22. The Labute approximate surface area is 86.9 Å². The number of esters is 1. The van der Waals surface area contributed by atoms with Gasteiger partial charge in [0, 0.05) is 6.20 Å². The van der Waals surface area contributed by atoms with Crippen molar-refractivity contribution in [3.63, 3.8) is 0 Å². The van der Waals surface area contributed by atoms with E-state index in [2.05, 4.69) is 10.2 Å². The van der Waals surface area contributed by atoms with Crippen molar-refractivity contribution in [2.75, 3.05) is 0 Å². The smallest absolute Gasteiger partial charge is 0.356 e. The molecule has 15 heavy (non-hydrogen) atoms. The summed E-state index contributed by atoms with van der Waals surface area (Å²) < 4.78 is 5.06. The number of hydrogen-bond donors (Lipinski definition) is 1. The van der Waals surface area contributed by atoms with Crippen LogP contribution in [0.5, 0.6) is 0 Å². The predicted octanol–water partition coefficient (Wildman–Crippen LogP) is 1.77. The number of H-pyrrole nitrogens is 1. The van der Waals surface area contributed by atoms with E-state index in [1.807, 2.05) is 30.3 Å². The molecule has 2 aromatic rings. The molecule has 76 valence electrons. The summed E-state index contributed by atoms with van der Waals surface area (Å²) in [4.78, 5) is 11.4. The Morgan fingerprint density at radius 1 is 1.27 bits per heavy atom. The zero-order valence-electron chi connectivity index (χ0n) is 8.01. The highest BCUT2D eigenvalue weighted by atomic mass is 16.5. The van der Waals surface area contributed by atoms with Crippen molar-refractivity contribution >= 4 is 5.97 Å². The molecular weight excluding hydrogens is 192 g/mol. The summed E-state index contributed by atoms with van der Waals surface area (Å²) in [7, 11) is 0. The SMILES string of the molecule is O=C(OCc1ccccc1)c1ccn[nH]1. The molecule has 0 aliphatic carbocycles. The number of aromatic amines is 1. The number of rotatable bonds is 3. The van der Waals surface area contributed by atoms with Gasteiger partial charge in [0.2, 0.25) is 0 Å². The van der Waals surface area contributed by atoms with E-state index in [1.54, 1.807) is 6.07 Å². The first-order chi connectivity index (χ1) is 7.36. The molecule has 0 saturated heterocycles. The normalized spacial score (nSPS) is 9.87. The van der Waals surface area contributed by atoms with Crippen molar-refractivity contribution in [2.45, 2.75) is 6.61 Å². The van der Waals surface area contributed by atoms with E-state index >= 15 is 0 Å². The molecule has 1 heterocycles. The van der Waals surface area contributed by atoms with Gasteiger partial charge in [-0.15, -0.1) is 0 Å². The van der Waals surface area contributed by atoms with Gasteiger partial charge in [0.25, 0.3) is 0 Å². The van der Waals surface area contributed by atoms with Crippen molar-refractivity contribution < 1.29 is 9.53 Å². The number of ether oxygens (including phenoxy) is 1. The summed E-state index contributed by atoms with van der Waals surface area (Å²) >= 11 is 0. The highest BCUT2D eigenvalue weighted by Crippen LogP contribution is 2.03. The number of carbonyl (C=O) groups excluding carboxylic acids is 1. The number of nitrogens with zero attached hydrogens (tertiary/aromatic N) is 1. The monoisotopic (exact) mass is 202 g/mol. The first-order valence-corrected chi connectivity index (χ1v) is 4.56. The lowest BCUT2D eigenvalue weighted by Crippen LogP contribution is -2.05. The zero-order valence-corrected chi connectivity index (χ0v) is 8.01. The third kappa shape index (κ3) is 2.43. The van der Waals surface area contributed by atoms with Crippen molar-refractivity contribution in [1.82, 2.24) is 10.2 Å². The molecule has 0 unspecified atom stereocenters. The van der Waals surface area contributed by atoms with Crippen LogP contribution in [0.3, 0.4) is 0 Å². The number of aromatic nitrogens is 2. The Kier molecular flexibility index (Phi) is 2.78. The molecule has 2 rings (SSSR count). The average molecular weight is 202 g/mol. The van der Waals surface area contributed by atoms with Crippen LogP contribution in [0.25, 0.3) is 0 Å². The number of nitrogens with one attached hydrogen (secondary N) is 1. The summed E-state index contributed by atoms with van der Waals surface area (Å²) in [6, 6.07) is 11.1. The quantitative estimate of drug-likeness (QED) is 0.771. The molecule has 0 fully saturated rings. The number of carbonyl (C=O) groups is 1. The maximum Gasteiger partial charge on any atom is 0.356 e. The lowest BCUT2D eigenvalue weighted by atomic mass is 10.2. The minimum atomic E-state index is -0.392. The molecule has 0 amide bonds. The molecule has 0 saturated carbocycles. The van der Waals surface area contributed by atoms with Crippen LogP contribution in [-0.4, -0.2) is 16.2 Å². The second kappa shape index (κ2) is 4.41. The molecule has 1 aromatic heterocycles. The molecule has 0 spiro atoms. The average Bonchev–Trinajstić information content (AvgIpc) is 2.81. The zero-order chi connectivity index (χ0) is 10.5. The van der Waals surface area contributed by atoms with E-state index in [4.69, 9.17) is 4.74 Å². The number of hydrogen-bond acceptors (Lipinski definition) is 3. The predicted molar refractivity (Wildman–Crippen MR) is 54.1 cm³/mol. The highest BCUT2D eigenvalue weighted by molar-refractivity contribution is 5.86. The minimum Gasteiger partial charge on any atom is -0.456 e. The summed E-state index contributed by atoms with van der Waals surface area (Å²) in [5.41, 5.74) is 1.33. The van der Waals surface area contributed by atoms with E-state index in [1.165, 1.54) is 6.20 Å². The van der Waals surface area contributed by atoms with Gasteiger partial charge in [-0.1, -0.05) is 30.3 Å². The van der Waals surface area contributed by atoms with Gasteiger partial charge in [-0.25, -0.2) is 4.79 Å². The Balaban J connectivity index is 1.92. The fourth-order valence-electron chi connectivity index (χ4n) is 1.17. The molecule has 4 nitrogen and oxygen atoms in total. The van der Waals surface area contributed by atoms with Crippen LogP contribution in [0.4, 0.5) is 0 Å². The molecule has 0 radical (unpaired) electrons. The van der Waals surface area contributed by atoms with Crippen LogP contribution < -0.4 is 0 Å². The molecule has 1 N–H and O–H groups in total. The second-order valence-corrected chi connectivity index (χ2v) is 3.03. The fourth-order valence-corrected chi connectivity index (χ4v) is 1.17. The number of benzene rings is 1. The van der Waals surface area contributed by atoms with Gasteiger partial charge in [0.15, 0.2) is 0 Å². The fraction of sp³-hybridized carbons (Fsp3) is 0.0909. The van der Waals surface area contributed by atoms with Crippen molar-refractivity contribution in [3.05, 3.63) is 53.9 Å². The Morgan fingerprint density at radius 3 is 2.73 bits per heavy atom. The van der Waals surface area contributed by atoms with Crippen LogP contribution in [0.2, 0.25) is 0 Å². The Bertz CT molecular complexity index is 423. The van der Waals surface area contributed by atoms with Crippen molar-refractivity contribution in [3.8, 4) is 0 Å². The minimum absolute atomic E-state index is 0.276. The van der Waals surface area contributed by atoms with Gasteiger partial charge in [-0.3, -0.25) is 5.10 Å². The van der Waals surface area contributed by atoms with Crippen LogP contribution in [0, 0.1) is 0 Å². The molecule has 0 bridgehead atoms. The molecule has 0 atom stereocenters. The van der Waals surface area contributed by atoms with Crippen LogP contribution >= 0.6 is 0 Å². The van der Waals surface area contributed by atoms with Gasteiger partial charge >= 0.3 is 5.97 Å². The van der Waals surface area contributed by atoms with E-state index in [0.29, 0.717) is 5.69 Å². The van der Waals surface area contributed by atoms with Gasteiger partial charge in [0.05, 0.1) is 0 Å². The Morgan fingerprint density at radius 2 is 2.07 bits per heavy atom. The van der Waals surface area contributed by atoms with Gasteiger partial charge in [-0.2, -0.15) is 5.10 Å². The lowest BCUT2D eigenvalue weighted by molar-refractivity contribution is 0.0465. The summed E-state index contributed by atoms with van der Waals surface area (Å²) in [6.07, 6.45) is 1.51. The molecule has 4 heteroatoms. The molecule has 1 aromatic carbocycles. The standard InChI is InChI=1S/C11H10N2O2/c14-11(10-6-7-12-13-10)15-8-9-4-2-1-3-5-9/h1-7H,8H2,(H,12,13). The van der Waals surface area contributed by atoms with Gasteiger partial charge in [-0.05, 0) is 11.6 Å². The Hall–Kier alpha value is -2.10. The topological polar surface area (TPSA) is 55.0 Å². The molecular formula is C11H10N2O2. The first-order valence-electron chi connectivity index (χ1n) is 4.56. The summed E-state index contributed by atoms with van der Waals surface area (Å²) in [5.74, 6) is -0.392. The maximum atomic E-state index is 11.4. The van der Waals surface area contributed by atoms with Gasteiger partial charge < -0.3 is 4.74 Å². The van der Waals surface area contributed by atoms with E-state index < -0.39 is 5.97 Å². The van der Waals surface area contributed by atoms with E-state index in [9.17, 15) is 4.79 Å².